The van der Waals surface area contributed by atoms with Crippen LogP contribution in [-0.4, -0.2) is 51.9 Å². The Hall–Kier alpha value is -1.51. The Bertz CT molecular complexity index is 667. The third-order valence-electron chi connectivity index (χ3n) is 3.56. The SMILES string of the molecule is O=S1(=O)N=C(CN2CCCNCC2)Nc2c(F)cccc21. The van der Waals surface area contributed by atoms with Crippen LogP contribution in [0, 0.1) is 5.82 Å². The molecule has 114 valence electrons. The number of hydrogen-bond acceptors (Lipinski definition) is 5. The second-order valence-electron chi connectivity index (χ2n) is 5.13. The molecule has 0 aliphatic carbocycles. The van der Waals surface area contributed by atoms with Gasteiger partial charge >= 0.3 is 0 Å². The van der Waals surface area contributed by atoms with Gasteiger partial charge in [-0.3, -0.25) is 4.90 Å². The summed E-state index contributed by atoms with van der Waals surface area (Å²) in [5, 5.41) is 6.10. The van der Waals surface area contributed by atoms with Crippen LogP contribution < -0.4 is 10.6 Å². The number of nitrogens with one attached hydrogen (secondary N) is 2. The zero-order chi connectivity index (χ0) is 14.9. The Morgan fingerprint density at radius 2 is 2.14 bits per heavy atom. The number of hydrogen-bond donors (Lipinski definition) is 2. The van der Waals surface area contributed by atoms with Crippen molar-refractivity contribution in [3.05, 3.63) is 24.0 Å². The van der Waals surface area contributed by atoms with E-state index in [1.807, 2.05) is 0 Å². The van der Waals surface area contributed by atoms with E-state index < -0.39 is 15.8 Å². The van der Waals surface area contributed by atoms with Gasteiger partial charge in [0.05, 0.1) is 12.2 Å². The summed E-state index contributed by atoms with van der Waals surface area (Å²) in [7, 11) is -3.83. The summed E-state index contributed by atoms with van der Waals surface area (Å²) in [6.45, 7) is 3.84. The summed E-state index contributed by atoms with van der Waals surface area (Å²) in [6, 6.07) is 3.96. The van der Waals surface area contributed by atoms with Crippen LogP contribution in [0.3, 0.4) is 0 Å². The molecule has 1 aromatic rings. The van der Waals surface area contributed by atoms with Gasteiger partial charge in [0.15, 0.2) is 0 Å². The van der Waals surface area contributed by atoms with E-state index in [1.54, 1.807) is 0 Å². The van der Waals surface area contributed by atoms with Crippen LogP contribution in [0.4, 0.5) is 10.1 Å². The molecule has 0 bridgehead atoms. The summed E-state index contributed by atoms with van der Waals surface area (Å²) in [4.78, 5) is 2.00. The van der Waals surface area contributed by atoms with Crippen LogP contribution in [0.1, 0.15) is 6.42 Å². The molecule has 0 atom stereocenters. The van der Waals surface area contributed by atoms with Gasteiger partial charge in [0.25, 0.3) is 10.0 Å². The fourth-order valence-electron chi connectivity index (χ4n) is 2.54. The van der Waals surface area contributed by atoms with Crippen molar-refractivity contribution in [2.75, 3.05) is 38.0 Å². The molecule has 2 heterocycles. The molecule has 0 aromatic heterocycles. The highest BCUT2D eigenvalue weighted by atomic mass is 32.2. The van der Waals surface area contributed by atoms with E-state index >= 15 is 0 Å². The van der Waals surface area contributed by atoms with Crippen LogP contribution in [0.2, 0.25) is 0 Å². The summed E-state index contributed by atoms with van der Waals surface area (Å²) in [5.74, 6) is -0.310. The largest absolute Gasteiger partial charge is 0.338 e. The third-order valence-corrected chi connectivity index (χ3v) is 4.92. The normalized spacial score (nSPS) is 21.9. The molecule has 1 fully saturated rings. The zero-order valence-electron chi connectivity index (χ0n) is 11.5. The minimum absolute atomic E-state index is 0.00422. The van der Waals surface area contributed by atoms with Crippen molar-refractivity contribution in [1.29, 1.82) is 0 Å². The van der Waals surface area contributed by atoms with E-state index in [1.165, 1.54) is 18.2 Å². The lowest BCUT2D eigenvalue weighted by Gasteiger charge is -2.24. The van der Waals surface area contributed by atoms with Crippen LogP contribution in [-0.2, 0) is 10.0 Å². The predicted molar refractivity (Wildman–Crippen MR) is 78.6 cm³/mol. The monoisotopic (exact) mass is 312 g/mol. The van der Waals surface area contributed by atoms with Crippen molar-refractivity contribution >= 4 is 21.5 Å². The number of amidine groups is 1. The second-order valence-corrected chi connectivity index (χ2v) is 6.70. The molecule has 0 unspecified atom stereocenters. The molecular formula is C13H17FN4O2S. The van der Waals surface area contributed by atoms with Crippen LogP contribution >= 0.6 is 0 Å². The molecule has 2 aliphatic rings. The van der Waals surface area contributed by atoms with Gasteiger partial charge in [0.2, 0.25) is 0 Å². The van der Waals surface area contributed by atoms with Gasteiger partial charge in [0.1, 0.15) is 16.5 Å². The molecule has 8 heteroatoms. The minimum Gasteiger partial charge on any atom is -0.338 e. The van der Waals surface area contributed by atoms with Crippen molar-refractivity contribution < 1.29 is 12.8 Å². The molecule has 3 rings (SSSR count). The first-order valence-electron chi connectivity index (χ1n) is 6.89. The number of halogens is 1. The Morgan fingerprint density at radius 3 is 3.00 bits per heavy atom. The molecule has 0 radical (unpaired) electrons. The first-order chi connectivity index (χ1) is 10.1. The van der Waals surface area contributed by atoms with Gasteiger partial charge in [-0.25, -0.2) is 4.39 Å². The average molecular weight is 312 g/mol. The fourth-order valence-corrected chi connectivity index (χ4v) is 3.69. The van der Waals surface area contributed by atoms with Crippen LogP contribution in [0.15, 0.2) is 27.5 Å². The molecule has 6 nitrogen and oxygen atoms in total. The number of anilines is 1. The van der Waals surface area contributed by atoms with E-state index in [0.29, 0.717) is 6.54 Å². The van der Waals surface area contributed by atoms with E-state index in [9.17, 15) is 12.8 Å². The smallest absolute Gasteiger partial charge is 0.286 e. The summed E-state index contributed by atoms with van der Waals surface area (Å²) in [5.41, 5.74) is -0.00422. The third kappa shape index (κ3) is 3.07. The van der Waals surface area contributed by atoms with Crippen molar-refractivity contribution in [3.8, 4) is 0 Å². The quantitative estimate of drug-likeness (QED) is 0.838. The van der Waals surface area contributed by atoms with E-state index in [4.69, 9.17) is 0 Å². The van der Waals surface area contributed by atoms with Crippen molar-refractivity contribution in [2.45, 2.75) is 11.3 Å². The summed E-state index contributed by atoms with van der Waals surface area (Å²) < 4.78 is 41.8. The number of nitrogens with zero attached hydrogens (tertiary/aromatic N) is 2. The molecular weight excluding hydrogens is 295 g/mol. The molecule has 0 saturated carbocycles. The van der Waals surface area contributed by atoms with Crippen molar-refractivity contribution in [1.82, 2.24) is 10.2 Å². The molecule has 1 aromatic carbocycles. The van der Waals surface area contributed by atoms with Crippen molar-refractivity contribution in [2.24, 2.45) is 4.40 Å². The molecule has 0 spiro atoms. The first kappa shape index (κ1) is 14.4. The highest BCUT2D eigenvalue weighted by molar-refractivity contribution is 7.90. The number of para-hydroxylation sites is 1. The fraction of sp³-hybridized carbons (Fsp3) is 0.462. The van der Waals surface area contributed by atoms with E-state index in [2.05, 4.69) is 19.9 Å². The summed E-state index contributed by atoms with van der Waals surface area (Å²) >= 11 is 0. The maximum absolute atomic E-state index is 13.8. The van der Waals surface area contributed by atoms with Crippen LogP contribution in [0.25, 0.3) is 0 Å². The number of sulfonamides is 1. The van der Waals surface area contributed by atoms with Gasteiger partial charge in [-0.05, 0) is 31.6 Å². The maximum Gasteiger partial charge on any atom is 0.286 e. The Balaban J connectivity index is 1.85. The lowest BCUT2D eigenvalue weighted by Crippen LogP contribution is -2.37. The number of benzene rings is 1. The lowest BCUT2D eigenvalue weighted by atomic mass is 10.3. The molecule has 2 aliphatic heterocycles. The number of fused-ring (bicyclic) bond motifs is 1. The highest BCUT2D eigenvalue weighted by Gasteiger charge is 2.27. The van der Waals surface area contributed by atoms with Gasteiger partial charge < -0.3 is 10.6 Å². The zero-order valence-corrected chi connectivity index (χ0v) is 12.3. The first-order valence-corrected chi connectivity index (χ1v) is 8.33. The van der Waals surface area contributed by atoms with E-state index in [0.717, 1.165) is 32.6 Å². The van der Waals surface area contributed by atoms with Gasteiger partial charge in [0, 0.05) is 13.1 Å². The number of rotatable bonds is 2. The highest BCUT2D eigenvalue weighted by Crippen LogP contribution is 2.29. The minimum atomic E-state index is -3.83. The van der Waals surface area contributed by atoms with Crippen LogP contribution in [0.5, 0.6) is 0 Å². The lowest BCUT2D eigenvalue weighted by molar-refractivity contribution is 0.333. The van der Waals surface area contributed by atoms with Crippen molar-refractivity contribution in [3.63, 3.8) is 0 Å². The molecule has 0 amide bonds. The summed E-state index contributed by atoms with van der Waals surface area (Å²) in [6.07, 6.45) is 0.991. The average Bonchev–Trinajstić information content (AvgIpc) is 2.68. The predicted octanol–water partition coefficient (Wildman–Crippen LogP) is 0.634. The van der Waals surface area contributed by atoms with Gasteiger partial charge in [-0.1, -0.05) is 6.07 Å². The van der Waals surface area contributed by atoms with Gasteiger partial charge in [-0.15, -0.1) is 4.40 Å². The Kier molecular flexibility index (Phi) is 3.92. The topological polar surface area (TPSA) is 73.8 Å². The Labute approximate surface area is 123 Å². The van der Waals surface area contributed by atoms with Gasteiger partial charge in [-0.2, -0.15) is 8.42 Å². The molecule has 1 saturated heterocycles. The Morgan fingerprint density at radius 1 is 1.29 bits per heavy atom. The molecule has 2 N–H and O–H groups in total. The maximum atomic E-state index is 13.8. The van der Waals surface area contributed by atoms with E-state index in [-0.39, 0.29) is 16.4 Å². The second kappa shape index (κ2) is 5.70. The molecule has 21 heavy (non-hydrogen) atoms. The standard InChI is InChI=1S/C13H17FN4O2S/c14-10-3-1-4-11-13(10)16-12(17-21(11,19)20)9-18-7-2-5-15-6-8-18/h1,3-4,15H,2,5-9H2,(H,16,17).